The molecule has 0 spiro atoms. The van der Waals surface area contributed by atoms with Crippen LogP contribution in [0.15, 0.2) is 30.3 Å². The summed E-state index contributed by atoms with van der Waals surface area (Å²) >= 11 is 1.22. The van der Waals surface area contributed by atoms with Crippen molar-refractivity contribution in [3.05, 3.63) is 45.6 Å². The molecule has 2 amide bonds. The number of thiophene rings is 1. The van der Waals surface area contributed by atoms with Gasteiger partial charge in [-0.25, -0.2) is 13.1 Å². The minimum absolute atomic E-state index is 0.247. The van der Waals surface area contributed by atoms with Crippen molar-refractivity contribution in [1.29, 1.82) is 0 Å². The van der Waals surface area contributed by atoms with Gasteiger partial charge in [0.1, 0.15) is 0 Å². The third-order valence-electron chi connectivity index (χ3n) is 3.64. The molecule has 158 valence electrons. The number of hydrogen-bond acceptors (Lipinski definition) is 7. The van der Waals surface area contributed by atoms with E-state index in [1.54, 1.807) is 24.3 Å². The molecule has 0 saturated heterocycles. The van der Waals surface area contributed by atoms with E-state index in [0.717, 1.165) is 11.1 Å². The summed E-state index contributed by atoms with van der Waals surface area (Å²) in [4.78, 5) is 25.7. The van der Waals surface area contributed by atoms with E-state index in [4.69, 9.17) is 9.47 Å². The van der Waals surface area contributed by atoms with Crippen molar-refractivity contribution in [2.75, 3.05) is 26.5 Å². The van der Waals surface area contributed by atoms with Crippen LogP contribution in [0.4, 0.5) is 0 Å². The summed E-state index contributed by atoms with van der Waals surface area (Å²) in [5.74, 6) is -0.0408. The second kappa shape index (κ2) is 10.2. The predicted octanol–water partition coefficient (Wildman–Crippen LogP) is 1.32. The summed E-state index contributed by atoms with van der Waals surface area (Å²) in [7, 11) is -1.78. The molecule has 2 aromatic rings. The molecule has 1 heterocycles. The highest BCUT2D eigenvalue weighted by atomic mass is 32.2. The first-order valence-corrected chi connectivity index (χ1v) is 11.4. The van der Waals surface area contributed by atoms with Crippen LogP contribution < -0.4 is 25.0 Å². The van der Waals surface area contributed by atoms with Gasteiger partial charge in [-0.15, -0.1) is 11.3 Å². The summed E-state index contributed by atoms with van der Waals surface area (Å²) in [6.45, 7) is 2.55. The van der Waals surface area contributed by atoms with Crippen LogP contribution in [0.2, 0.25) is 0 Å². The molecule has 11 heteroatoms. The Balaban J connectivity index is 1.91. The number of carbonyl (C=O) groups excluding carboxylic acids is 2. The standard InChI is InChI=1S/C18H23N3O6S2/c1-4-27-14-7-5-12(11-15(14)26-2)17(22)20-21-18(23)16-8-6-13(28-16)9-10-19-29(3,24)25/h5-8,11,19H,4,9-10H2,1-3H3,(H,20,22)(H,21,23). The average Bonchev–Trinajstić information content (AvgIpc) is 3.14. The number of ether oxygens (including phenoxy) is 2. The molecule has 0 unspecified atom stereocenters. The number of carbonyl (C=O) groups is 2. The van der Waals surface area contributed by atoms with Crippen molar-refractivity contribution in [2.24, 2.45) is 0 Å². The second-order valence-electron chi connectivity index (χ2n) is 5.89. The second-order valence-corrected chi connectivity index (χ2v) is 8.89. The largest absolute Gasteiger partial charge is 0.493 e. The van der Waals surface area contributed by atoms with Crippen molar-refractivity contribution < 1.29 is 27.5 Å². The third-order valence-corrected chi connectivity index (χ3v) is 5.51. The number of rotatable bonds is 9. The van der Waals surface area contributed by atoms with E-state index in [1.165, 1.54) is 24.5 Å². The maximum absolute atomic E-state index is 12.3. The van der Waals surface area contributed by atoms with Crippen molar-refractivity contribution in [3.8, 4) is 11.5 Å². The number of benzene rings is 1. The first kappa shape index (κ1) is 22.7. The Morgan fingerprint density at radius 1 is 1.07 bits per heavy atom. The molecule has 0 aliphatic rings. The summed E-state index contributed by atoms with van der Waals surface area (Å²) in [6, 6.07) is 8.05. The minimum Gasteiger partial charge on any atom is -0.493 e. The zero-order valence-electron chi connectivity index (χ0n) is 16.3. The lowest BCUT2D eigenvalue weighted by Gasteiger charge is -2.11. The maximum atomic E-state index is 12.3. The van der Waals surface area contributed by atoms with Crippen molar-refractivity contribution in [1.82, 2.24) is 15.6 Å². The van der Waals surface area contributed by atoms with E-state index in [9.17, 15) is 18.0 Å². The molecule has 0 saturated carbocycles. The monoisotopic (exact) mass is 441 g/mol. The molecule has 0 atom stereocenters. The van der Waals surface area contributed by atoms with Crippen LogP contribution in [0.3, 0.4) is 0 Å². The SMILES string of the molecule is CCOc1ccc(C(=O)NNC(=O)c2ccc(CCNS(C)(=O)=O)s2)cc1OC. The number of hydrogen-bond donors (Lipinski definition) is 3. The van der Waals surface area contributed by atoms with Crippen LogP contribution in [-0.2, 0) is 16.4 Å². The molecule has 1 aromatic carbocycles. The Hall–Kier alpha value is -2.63. The Morgan fingerprint density at radius 3 is 2.45 bits per heavy atom. The molecular weight excluding hydrogens is 418 g/mol. The number of hydrazine groups is 1. The van der Waals surface area contributed by atoms with Crippen LogP contribution >= 0.6 is 11.3 Å². The minimum atomic E-state index is -3.25. The number of nitrogens with one attached hydrogen (secondary N) is 3. The summed E-state index contributed by atoms with van der Waals surface area (Å²) < 4.78 is 35.1. The van der Waals surface area contributed by atoms with E-state index < -0.39 is 21.8 Å². The Morgan fingerprint density at radius 2 is 1.79 bits per heavy atom. The van der Waals surface area contributed by atoms with Gasteiger partial charge in [-0.2, -0.15) is 0 Å². The molecular formula is C18H23N3O6S2. The lowest BCUT2D eigenvalue weighted by atomic mass is 10.2. The summed E-state index contributed by atoms with van der Waals surface area (Å²) in [5.41, 5.74) is 5.00. The van der Waals surface area contributed by atoms with Gasteiger partial charge >= 0.3 is 0 Å². The molecule has 2 rings (SSSR count). The number of methoxy groups -OCH3 is 1. The Bertz CT molecular complexity index is 972. The van der Waals surface area contributed by atoms with Gasteiger partial charge in [0, 0.05) is 17.0 Å². The van der Waals surface area contributed by atoms with Crippen molar-refractivity contribution in [3.63, 3.8) is 0 Å². The quantitative estimate of drug-likeness (QED) is 0.505. The zero-order valence-corrected chi connectivity index (χ0v) is 17.9. The van der Waals surface area contributed by atoms with Gasteiger partial charge in [0.25, 0.3) is 11.8 Å². The lowest BCUT2D eigenvalue weighted by Crippen LogP contribution is -2.41. The van der Waals surface area contributed by atoms with E-state index in [-0.39, 0.29) is 6.54 Å². The smallest absolute Gasteiger partial charge is 0.279 e. The van der Waals surface area contributed by atoms with Crippen LogP contribution in [-0.4, -0.2) is 46.7 Å². The highest BCUT2D eigenvalue weighted by molar-refractivity contribution is 7.88. The van der Waals surface area contributed by atoms with Gasteiger partial charge in [-0.05, 0) is 43.7 Å². The normalized spacial score (nSPS) is 11.0. The third kappa shape index (κ3) is 7.04. The molecule has 29 heavy (non-hydrogen) atoms. The van der Waals surface area contributed by atoms with E-state index in [0.29, 0.717) is 35.0 Å². The van der Waals surface area contributed by atoms with Gasteiger partial charge in [0.2, 0.25) is 10.0 Å². The maximum Gasteiger partial charge on any atom is 0.279 e. The fourth-order valence-electron chi connectivity index (χ4n) is 2.32. The first-order chi connectivity index (χ1) is 13.7. The molecule has 3 N–H and O–H groups in total. The van der Waals surface area contributed by atoms with E-state index in [1.807, 2.05) is 6.92 Å². The zero-order chi connectivity index (χ0) is 21.4. The van der Waals surface area contributed by atoms with Gasteiger partial charge in [0.15, 0.2) is 11.5 Å². The number of sulfonamides is 1. The Labute approximate surface area is 173 Å². The molecule has 9 nitrogen and oxygen atoms in total. The van der Waals surface area contributed by atoms with Crippen LogP contribution in [0, 0.1) is 0 Å². The average molecular weight is 442 g/mol. The Kier molecular flexibility index (Phi) is 8.00. The highest BCUT2D eigenvalue weighted by Gasteiger charge is 2.14. The van der Waals surface area contributed by atoms with Crippen LogP contribution in [0.1, 0.15) is 31.8 Å². The molecule has 0 bridgehead atoms. The fourth-order valence-corrected chi connectivity index (χ4v) is 3.70. The van der Waals surface area contributed by atoms with Crippen molar-refractivity contribution in [2.45, 2.75) is 13.3 Å². The fraction of sp³-hybridized carbons (Fsp3) is 0.333. The van der Waals surface area contributed by atoms with Gasteiger partial charge in [0.05, 0.1) is 24.8 Å². The van der Waals surface area contributed by atoms with E-state index >= 15 is 0 Å². The highest BCUT2D eigenvalue weighted by Crippen LogP contribution is 2.27. The first-order valence-electron chi connectivity index (χ1n) is 8.68. The van der Waals surface area contributed by atoms with Gasteiger partial charge in [-0.3, -0.25) is 20.4 Å². The lowest BCUT2D eigenvalue weighted by molar-refractivity contribution is 0.0848. The number of amides is 2. The summed E-state index contributed by atoms with van der Waals surface area (Å²) in [6.07, 6.45) is 1.55. The molecule has 1 aromatic heterocycles. The van der Waals surface area contributed by atoms with Crippen LogP contribution in [0.5, 0.6) is 11.5 Å². The van der Waals surface area contributed by atoms with Gasteiger partial charge in [-0.1, -0.05) is 0 Å². The predicted molar refractivity (Wildman–Crippen MR) is 110 cm³/mol. The molecule has 0 aliphatic carbocycles. The molecule has 0 fully saturated rings. The summed E-state index contributed by atoms with van der Waals surface area (Å²) in [5, 5.41) is 0. The topological polar surface area (TPSA) is 123 Å². The van der Waals surface area contributed by atoms with E-state index in [2.05, 4.69) is 15.6 Å². The molecule has 0 aliphatic heterocycles. The van der Waals surface area contributed by atoms with Gasteiger partial charge < -0.3 is 9.47 Å². The van der Waals surface area contributed by atoms with Crippen LogP contribution in [0.25, 0.3) is 0 Å². The molecule has 0 radical (unpaired) electrons. The van der Waals surface area contributed by atoms with Crippen molar-refractivity contribution >= 4 is 33.2 Å².